The number of amides is 1. The van der Waals surface area contributed by atoms with Gasteiger partial charge in [0.2, 0.25) is 0 Å². The molecule has 1 aromatic rings. The van der Waals surface area contributed by atoms with Crippen molar-refractivity contribution < 1.29 is 14.6 Å². The molecular formula is C17H24N2O3. The minimum Gasteiger partial charge on any atom is -0.484 e. The summed E-state index contributed by atoms with van der Waals surface area (Å²) in [4.78, 5) is 16.3. The van der Waals surface area contributed by atoms with Crippen LogP contribution in [0.15, 0.2) is 24.3 Å². The maximum atomic E-state index is 12.2. The van der Waals surface area contributed by atoms with E-state index in [1.54, 1.807) is 0 Å². The van der Waals surface area contributed by atoms with E-state index in [-0.39, 0.29) is 24.7 Å². The molecule has 2 aliphatic rings. The summed E-state index contributed by atoms with van der Waals surface area (Å²) in [5, 5.41) is 9.31. The highest BCUT2D eigenvalue weighted by molar-refractivity contribution is 5.79. The van der Waals surface area contributed by atoms with Gasteiger partial charge in [-0.05, 0) is 38.4 Å². The molecule has 0 bridgehead atoms. The number of ether oxygens (including phenoxy) is 1. The largest absolute Gasteiger partial charge is 0.484 e. The Labute approximate surface area is 131 Å². The molecule has 0 unspecified atom stereocenters. The van der Waals surface area contributed by atoms with Gasteiger partial charge in [0, 0.05) is 26.2 Å². The van der Waals surface area contributed by atoms with Gasteiger partial charge in [-0.3, -0.25) is 9.69 Å². The zero-order valence-electron chi connectivity index (χ0n) is 13.3. The summed E-state index contributed by atoms with van der Waals surface area (Å²) >= 11 is 0. The Morgan fingerprint density at radius 2 is 2.05 bits per heavy atom. The number of aryl methyl sites for hydroxylation is 1. The third kappa shape index (κ3) is 2.83. The average molecular weight is 304 g/mol. The second-order valence-corrected chi connectivity index (χ2v) is 6.71. The van der Waals surface area contributed by atoms with Gasteiger partial charge in [-0.1, -0.05) is 17.7 Å². The summed E-state index contributed by atoms with van der Waals surface area (Å²) in [7, 11) is 2.08. The molecule has 22 heavy (non-hydrogen) atoms. The number of likely N-dealkylation sites (tertiary alicyclic amines) is 2. The molecule has 120 valence electrons. The van der Waals surface area contributed by atoms with Gasteiger partial charge < -0.3 is 14.7 Å². The predicted octanol–water partition coefficient (Wildman–Crippen LogP) is 0.899. The molecule has 5 nitrogen and oxygen atoms in total. The SMILES string of the molecule is Cc1ccc(OCC(=O)N2CC3(C[C@H](CO)CN3C)C2)cc1. The molecule has 3 rings (SSSR count). The van der Waals surface area contributed by atoms with Crippen molar-refractivity contribution in [3.05, 3.63) is 29.8 Å². The van der Waals surface area contributed by atoms with Crippen molar-refractivity contribution >= 4 is 5.91 Å². The van der Waals surface area contributed by atoms with E-state index in [0.717, 1.165) is 31.8 Å². The van der Waals surface area contributed by atoms with Gasteiger partial charge in [0.25, 0.3) is 5.91 Å². The highest BCUT2D eigenvalue weighted by atomic mass is 16.5. The zero-order valence-corrected chi connectivity index (χ0v) is 13.3. The lowest BCUT2D eigenvalue weighted by Crippen LogP contribution is -2.68. The Balaban J connectivity index is 1.48. The number of benzene rings is 1. The highest BCUT2D eigenvalue weighted by Gasteiger charge is 2.52. The standard InChI is InChI=1S/C17H24N2O3/c1-13-3-5-15(6-4-13)22-10-16(21)19-11-17(12-19)7-14(9-20)8-18(17)2/h3-6,14,20H,7-12H2,1-2H3/t14-/m0/s1. The molecule has 1 atom stereocenters. The number of carbonyl (C=O) groups is 1. The van der Waals surface area contributed by atoms with E-state index in [9.17, 15) is 9.90 Å². The monoisotopic (exact) mass is 304 g/mol. The van der Waals surface area contributed by atoms with Crippen LogP contribution in [0.2, 0.25) is 0 Å². The number of hydrogen-bond donors (Lipinski definition) is 1. The number of carbonyl (C=O) groups excluding carboxylic acids is 1. The van der Waals surface area contributed by atoms with E-state index in [1.165, 1.54) is 5.56 Å². The van der Waals surface area contributed by atoms with Crippen molar-refractivity contribution in [3.63, 3.8) is 0 Å². The van der Waals surface area contributed by atoms with Crippen LogP contribution in [0.1, 0.15) is 12.0 Å². The Kier molecular flexibility index (Phi) is 4.10. The Bertz CT molecular complexity index is 537. The molecule has 1 aromatic carbocycles. The van der Waals surface area contributed by atoms with Gasteiger partial charge in [0.1, 0.15) is 5.75 Å². The van der Waals surface area contributed by atoms with Crippen LogP contribution < -0.4 is 4.74 Å². The number of aliphatic hydroxyl groups excluding tert-OH is 1. The summed E-state index contributed by atoms with van der Waals surface area (Å²) in [5.74, 6) is 1.10. The maximum absolute atomic E-state index is 12.2. The van der Waals surface area contributed by atoms with Crippen molar-refractivity contribution in [3.8, 4) is 5.75 Å². The molecular weight excluding hydrogens is 280 g/mol. The Hall–Kier alpha value is -1.59. The molecule has 5 heteroatoms. The van der Waals surface area contributed by atoms with Crippen LogP contribution in [0.3, 0.4) is 0 Å². The summed E-state index contributed by atoms with van der Waals surface area (Å²) in [6.07, 6.45) is 0.975. The minimum absolute atomic E-state index is 0.0343. The van der Waals surface area contributed by atoms with Gasteiger partial charge in [0.05, 0.1) is 5.54 Å². The van der Waals surface area contributed by atoms with Crippen molar-refractivity contribution in [1.82, 2.24) is 9.80 Å². The van der Waals surface area contributed by atoms with Gasteiger partial charge in [-0.25, -0.2) is 0 Å². The number of rotatable bonds is 4. The Morgan fingerprint density at radius 3 is 2.64 bits per heavy atom. The molecule has 0 saturated carbocycles. The summed E-state index contributed by atoms with van der Waals surface area (Å²) in [6.45, 7) is 4.75. The van der Waals surface area contributed by atoms with E-state index in [0.29, 0.717) is 5.92 Å². The summed E-state index contributed by atoms with van der Waals surface area (Å²) in [6, 6.07) is 7.72. The number of hydrogen-bond acceptors (Lipinski definition) is 4. The van der Waals surface area contributed by atoms with Crippen LogP contribution in [0.4, 0.5) is 0 Å². The topological polar surface area (TPSA) is 53.0 Å². The van der Waals surface area contributed by atoms with Crippen LogP contribution in [0.25, 0.3) is 0 Å². The molecule has 2 heterocycles. The van der Waals surface area contributed by atoms with Gasteiger partial charge in [-0.15, -0.1) is 0 Å². The second kappa shape index (κ2) is 5.89. The predicted molar refractivity (Wildman–Crippen MR) is 83.8 cm³/mol. The normalized spacial score (nSPS) is 23.6. The molecule has 2 saturated heterocycles. The van der Waals surface area contributed by atoms with Gasteiger partial charge >= 0.3 is 0 Å². The molecule has 2 fully saturated rings. The summed E-state index contributed by atoms with van der Waals surface area (Å²) in [5.41, 5.74) is 1.25. The molecule has 1 N–H and O–H groups in total. The van der Waals surface area contributed by atoms with Gasteiger partial charge in [-0.2, -0.15) is 0 Å². The average Bonchev–Trinajstić information content (AvgIpc) is 2.82. The minimum atomic E-state index is 0.0343. The first-order valence-corrected chi connectivity index (χ1v) is 7.82. The van der Waals surface area contributed by atoms with Crippen LogP contribution >= 0.6 is 0 Å². The number of nitrogens with zero attached hydrogens (tertiary/aromatic N) is 2. The molecule has 0 radical (unpaired) electrons. The van der Waals surface area contributed by atoms with Crippen LogP contribution in [0.5, 0.6) is 5.75 Å². The Morgan fingerprint density at radius 1 is 1.36 bits per heavy atom. The van der Waals surface area contributed by atoms with Crippen molar-refractivity contribution in [2.75, 3.05) is 39.9 Å². The third-order valence-corrected chi connectivity index (χ3v) is 4.98. The van der Waals surface area contributed by atoms with E-state index >= 15 is 0 Å². The fraction of sp³-hybridized carbons (Fsp3) is 0.588. The fourth-order valence-corrected chi connectivity index (χ4v) is 3.54. The van der Waals surface area contributed by atoms with Crippen LogP contribution in [-0.2, 0) is 4.79 Å². The first-order chi connectivity index (χ1) is 10.5. The first kappa shape index (κ1) is 15.3. The lowest BCUT2D eigenvalue weighted by atomic mass is 9.84. The molecule has 2 aliphatic heterocycles. The quantitative estimate of drug-likeness (QED) is 0.898. The highest BCUT2D eigenvalue weighted by Crippen LogP contribution is 2.39. The van der Waals surface area contributed by atoms with E-state index in [4.69, 9.17) is 4.74 Å². The van der Waals surface area contributed by atoms with Crippen LogP contribution in [0, 0.1) is 12.8 Å². The molecule has 0 aromatic heterocycles. The number of likely N-dealkylation sites (N-methyl/N-ethyl adjacent to an activating group) is 1. The van der Waals surface area contributed by atoms with Crippen LogP contribution in [-0.4, -0.2) is 66.2 Å². The zero-order chi connectivity index (χ0) is 15.7. The molecule has 0 aliphatic carbocycles. The van der Waals surface area contributed by atoms with Crippen molar-refractivity contribution in [2.45, 2.75) is 18.9 Å². The van der Waals surface area contributed by atoms with Crippen molar-refractivity contribution in [2.24, 2.45) is 5.92 Å². The van der Waals surface area contributed by atoms with E-state index < -0.39 is 0 Å². The van der Waals surface area contributed by atoms with Crippen molar-refractivity contribution in [1.29, 1.82) is 0 Å². The first-order valence-electron chi connectivity index (χ1n) is 7.82. The lowest BCUT2D eigenvalue weighted by Gasteiger charge is -2.51. The molecule has 1 spiro atoms. The lowest BCUT2D eigenvalue weighted by molar-refractivity contribution is -0.145. The fourth-order valence-electron chi connectivity index (χ4n) is 3.54. The maximum Gasteiger partial charge on any atom is 0.260 e. The van der Waals surface area contributed by atoms with E-state index in [2.05, 4.69) is 11.9 Å². The van der Waals surface area contributed by atoms with E-state index in [1.807, 2.05) is 36.1 Å². The number of aliphatic hydroxyl groups is 1. The second-order valence-electron chi connectivity index (χ2n) is 6.71. The smallest absolute Gasteiger partial charge is 0.260 e. The molecule has 1 amide bonds. The third-order valence-electron chi connectivity index (χ3n) is 4.98. The summed E-state index contributed by atoms with van der Waals surface area (Å²) < 4.78 is 5.56. The van der Waals surface area contributed by atoms with Gasteiger partial charge in [0.15, 0.2) is 6.61 Å².